The molecule has 0 atom stereocenters. The van der Waals surface area contributed by atoms with Gasteiger partial charge in [0, 0.05) is 6.54 Å². The average Bonchev–Trinajstić information content (AvgIpc) is 3.11. The monoisotopic (exact) mass is 401 g/mol. The van der Waals surface area contributed by atoms with Crippen molar-refractivity contribution in [1.29, 1.82) is 0 Å². The summed E-state index contributed by atoms with van der Waals surface area (Å²) >= 11 is 4.39. The zero-order valence-electron chi connectivity index (χ0n) is 14.3. The normalized spacial score (nSPS) is 10.4. The van der Waals surface area contributed by atoms with Gasteiger partial charge >= 0.3 is 0 Å². The summed E-state index contributed by atoms with van der Waals surface area (Å²) in [5, 5.41) is 10.9. The number of aromatic nitrogens is 2. The zero-order valence-corrected chi connectivity index (χ0v) is 16.8. The highest BCUT2D eigenvalue weighted by atomic mass is 32.2. The Hall–Kier alpha value is -1.65. The van der Waals surface area contributed by atoms with Crippen molar-refractivity contribution in [2.24, 2.45) is 0 Å². The Morgan fingerprint density at radius 1 is 1.12 bits per heavy atom. The third-order valence-corrected chi connectivity index (χ3v) is 6.14. The summed E-state index contributed by atoms with van der Waals surface area (Å²) in [6.45, 7) is 0.363. The van der Waals surface area contributed by atoms with E-state index in [4.69, 9.17) is 14.2 Å². The molecule has 10 heteroatoms. The molecule has 0 aliphatic rings. The lowest BCUT2D eigenvalue weighted by atomic mass is 10.2. The van der Waals surface area contributed by atoms with Crippen LogP contribution in [0.25, 0.3) is 0 Å². The molecule has 136 valence electrons. The molecule has 0 aliphatic heterocycles. The van der Waals surface area contributed by atoms with Crippen LogP contribution in [0.15, 0.2) is 20.8 Å². The SMILES string of the molecule is COc1cc(CNC(=O)CSc2nnc(SC)s2)cc(OC)c1OC. The summed E-state index contributed by atoms with van der Waals surface area (Å²) in [5.74, 6) is 1.84. The molecule has 1 heterocycles. The van der Waals surface area contributed by atoms with Crippen molar-refractivity contribution in [3.63, 3.8) is 0 Å². The molecule has 0 saturated heterocycles. The summed E-state index contributed by atoms with van der Waals surface area (Å²) in [5.41, 5.74) is 0.855. The van der Waals surface area contributed by atoms with Gasteiger partial charge in [-0.25, -0.2) is 0 Å². The number of thioether (sulfide) groups is 2. The van der Waals surface area contributed by atoms with Crippen LogP contribution in [0.3, 0.4) is 0 Å². The third-order valence-electron chi connectivity index (χ3n) is 3.10. The topological polar surface area (TPSA) is 82.6 Å². The Kier molecular flexibility index (Phi) is 7.66. The number of hydrogen-bond donors (Lipinski definition) is 1. The Bertz CT molecular complexity index is 699. The van der Waals surface area contributed by atoms with Crippen LogP contribution in [0.5, 0.6) is 17.2 Å². The zero-order chi connectivity index (χ0) is 18.2. The molecule has 25 heavy (non-hydrogen) atoms. The Balaban J connectivity index is 1.92. The molecule has 7 nitrogen and oxygen atoms in total. The maximum absolute atomic E-state index is 12.0. The van der Waals surface area contributed by atoms with Gasteiger partial charge in [-0.15, -0.1) is 10.2 Å². The largest absolute Gasteiger partial charge is 0.493 e. The number of hydrogen-bond acceptors (Lipinski definition) is 9. The number of carbonyl (C=O) groups excluding carboxylic acids is 1. The third kappa shape index (κ3) is 5.41. The summed E-state index contributed by atoms with van der Waals surface area (Å²) < 4.78 is 17.6. The van der Waals surface area contributed by atoms with Crippen LogP contribution in [0.1, 0.15) is 5.56 Å². The first-order chi connectivity index (χ1) is 12.1. The molecule has 0 spiro atoms. The number of nitrogens with one attached hydrogen (secondary N) is 1. The molecular weight excluding hydrogens is 382 g/mol. The number of amides is 1. The highest BCUT2D eigenvalue weighted by Crippen LogP contribution is 2.38. The van der Waals surface area contributed by atoms with E-state index in [-0.39, 0.29) is 11.7 Å². The number of nitrogens with zero attached hydrogens (tertiary/aromatic N) is 2. The molecule has 1 aromatic heterocycles. The average molecular weight is 402 g/mol. The summed E-state index contributed by atoms with van der Waals surface area (Å²) in [6.07, 6.45) is 1.94. The molecule has 1 aromatic carbocycles. The number of methoxy groups -OCH3 is 3. The van der Waals surface area contributed by atoms with Crippen molar-refractivity contribution >= 4 is 40.8 Å². The highest BCUT2D eigenvalue weighted by molar-refractivity contribution is 8.03. The van der Waals surface area contributed by atoms with E-state index in [1.807, 2.05) is 18.4 Å². The van der Waals surface area contributed by atoms with Crippen molar-refractivity contribution in [1.82, 2.24) is 15.5 Å². The molecule has 2 rings (SSSR count). The van der Waals surface area contributed by atoms with E-state index in [0.29, 0.717) is 23.8 Å². The molecule has 1 amide bonds. The number of benzene rings is 1. The van der Waals surface area contributed by atoms with Gasteiger partial charge in [-0.1, -0.05) is 34.9 Å². The van der Waals surface area contributed by atoms with E-state index >= 15 is 0 Å². The lowest BCUT2D eigenvalue weighted by molar-refractivity contribution is -0.118. The minimum absolute atomic E-state index is 0.0837. The van der Waals surface area contributed by atoms with Crippen molar-refractivity contribution < 1.29 is 19.0 Å². The van der Waals surface area contributed by atoms with Crippen LogP contribution >= 0.6 is 34.9 Å². The standard InChI is InChI=1S/C15H19N3O4S3/c1-20-10-5-9(6-11(21-2)13(10)22-3)7-16-12(19)8-24-15-18-17-14(23-4)25-15/h5-6H,7-8H2,1-4H3,(H,16,19). The van der Waals surface area contributed by atoms with Crippen LogP contribution in [-0.2, 0) is 11.3 Å². The molecule has 0 unspecified atom stereocenters. The number of ether oxygens (including phenoxy) is 3. The van der Waals surface area contributed by atoms with Crippen LogP contribution in [0.4, 0.5) is 0 Å². The Morgan fingerprint density at radius 2 is 1.76 bits per heavy atom. The molecule has 1 N–H and O–H groups in total. The molecule has 2 aromatic rings. The molecule has 0 bridgehead atoms. The number of carbonyl (C=O) groups is 1. The second kappa shape index (κ2) is 9.73. The van der Waals surface area contributed by atoms with Crippen LogP contribution in [0.2, 0.25) is 0 Å². The van der Waals surface area contributed by atoms with Gasteiger partial charge in [-0.2, -0.15) is 0 Å². The maximum atomic E-state index is 12.0. The van der Waals surface area contributed by atoms with Gasteiger partial charge in [0.15, 0.2) is 20.2 Å². The Morgan fingerprint density at radius 3 is 2.28 bits per heavy atom. The smallest absolute Gasteiger partial charge is 0.230 e. The summed E-state index contributed by atoms with van der Waals surface area (Å²) in [4.78, 5) is 12.0. The van der Waals surface area contributed by atoms with Gasteiger partial charge in [-0.3, -0.25) is 4.79 Å². The van der Waals surface area contributed by atoms with Crippen molar-refractivity contribution in [2.45, 2.75) is 15.2 Å². The van der Waals surface area contributed by atoms with Gasteiger partial charge in [0.2, 0.25) is 11.7 Å². The van der Waals surface area contributed by atoms with Crippen molar-refractivity contribution in [3.8, 4) is 17.2 Å². The second-order valence-electron chi connectivity index (χ2n) is 4.64. The maximum Gasteiger partial charge on any atom is 0.230 e. The fourth-order valence-electron chi connectivity index (χ4n) is 1.95. The fraction of sp³-hybridized carbons (Fsp3) is 0.400. The minimum Gasteiger partial charge on any atom is -0.493 e. The van der Waals surface area contributed by atoms with Crippen LogP contribution in [0, 0.1) is 0 Å². The fourth-order valence-corrected chi connectivity index (χ4v) is 4.22. The minimum atomic E-state index is -0.0837. The molecule has 0 aliphatic carbocycles. The van der Waals surface area contributed by atoms with Gasteiger partial charge in [0.25, 0.3) is 0 Å². The molecule has 0 saturated carbocycles. The van der Waals surface area contributed by atoms with Crippen molar-refractivity contribution in [3.05, 3.63) is 17.7 Å². The Labute approximate surface area is 158 Å². The predicted molar refractivity (Wildman–Crippen MR) is 100 cm³/mol. The van der Waals surface area contributed by atoms with E-state index in [1.165, 1.54) is 34.9 Å². The van der Waals surface area contributed by atoms with E-state index in [2.05, 4.69) is 15.5 Å². The van der Waals surface area contributed by atoms with Gasteiger partial charge in [0.1, 0.15) is 0 Å². The van der Waals surface area contributed by atoms with E-state index < -0.39 is 0 Å². The summed E-state index contributed by atoms with van der Waals surface area (Å²) in [6, 6.07) is 3.62. The molecule has 0 fully saturated rings. The van der Waals surface area contributed by atoms with E-state index in [9.17, 15) is 4.79 Å². The first kappa shape index (κ1) is 19.7. The van der Waals surface area contributed by atoms with Gasteiger partial charge < -0.3 is 19.5 Å². The lowest BCUT2D eigenvalue weighted by Gasteiger charge is -2.14. The van der Waals surface area contributed by atoms with Crippen LogP contribution < -0.4 is 19.5 Å². The van der Waals surface area contributed by atoms with Gasteiger partial charge in [0.05, 0.1) is 27.1 Å². The molecular formula is C15H19N3O4S3. The first-order valence-electron chi connectivity index (χ1n) is 7.17. The first-order valence-corrected chi connectivity index (χ1v) is 10.2. The van der Waals surface area contributed by atoms with E-state index in [0.717, 1.165) is 14.2 Å². The summed E-state index contributed by atoms with van der Waals surface area (Å²) in [7, 11) is 4.66. The second-order valence-corrected chi connectivity index (χ2v) is 7.89. The molecule has 0 radical (unpaired) electrons. The lowest BCUT2D eigenvalue weighted by Crippen LogP contribution is -2.24. The highest BCUT2D eigenvalue weighted by Gasteiger charge is 2.14. The quantitative estimate of drug-likeness (QED) is 0.642. The van der Waals surface area contributed by atoms with E-state index in [1.54, 1.807) is 21.3 Å². The van der Waals surface area contributed by atoms with Gasteiger partial charge in [-0.05, 0) is 24.0 Å². The number of rotatable bonds is 9. The van der Waals surface area contributed by atoms with Crippen LogP contribution in [-0.4, -0.2) is 49.4 Å². The predicted octanol–water partition coefficient (Wildman–Crippen LogP) is 2.69. The van der Waals surface area contributed by atoms with Crippen molar-refractivity contribution in [2.75, 3.05) is 33.3 Å².